The van der Waals surface area contributed by atoms with E-state index in [2.05, 4.69) is 10.0 Å². The minimum Gasteiger partial charge on any atom is -0.341 e. The van der Waals surface area contributed by atoms with Crippen LogP contribution >= 0.6 is 0 Å². The molecule has 3 aliphatic rings. The zero-order valence-electron chi connectivity index (χ0n) is 13.1. The van der Waals surface area contributed by atoms with E-state index in [1.54, 1.807) is 4.90 Å². The van der Waals surface area contributed by atoms with Crippen LogP contribution in [0.15, 0.2) is 0 Å². The molecule has 1 saturated carbocycles. The minimum absolute atomic E-state index is 0.00547. The lowest BCUT2D eigenvalue weighted by atomic mass is 10.0. The van der Waals surface area contributed by atoms with E-state index in [4.69, 9.17) is 0 Å². The van der Waals surface area contributed by atoms with Crippen LogP contribution in [-0.2, 0) is 14.8 Å². The smallest absolute Gasteiger partial charge is 0.225 e. The Hall–Kier alpha value is -0.660. The average molecular weight is 329 g/mol. The lowest BCUT2D eigenvalue weighted by Crippen LogP contribution is -2.51. The summed E-state index contributed by atoms with van der Waals surface area (Å²) in [6.45, 7) is 2.65. The Bertz CT molecular complexity index is 496. The molecule has 2 unspecified atom stereocenters. The largest absolute Gasteiger partial charge is 0.341 e. The number of hydrogen-bond acceptors (Lipinski definition) is 4. The van der Waals surface area contributed by atoms with Gasteiger partial charge in [-0.15, -0.1) is 0 Å². The van der Waals surface area contributed by atoms with E-state index in [0.717, 1.165) is 45.1 Å². The molecule has 126 valence electrons. The van der Waals surface area contributed by atoms with Gasteiger partial charge in [0.15, 0.2) is 0 Å². The molecule has 2 aliphatic heterocycles. The lowest BCUT2D eigenvalue weighted by Gasteiger charge is -2.34. The number of carbonyl (C=O) groups excluding carboxylic acids is 1. The summed E-state index contributed by atoms with van der Waals surface area (Å²) in [7, 11) is -3.34. The summed E-state index contributed by atoms with van der Waals surface area (Å²) in [5.74, 6) is 0.313. The molecule has 0 spiro atoms. The molecule has 22 heavy (non-hydrogen) atoms. The lowest BCUT2D eigenvalue weighted by molar-refractivity contribution is -0.136. The zero-order chi connectivity index (χ0) is 15.6. The van der Waals surface area contributed by atoms with Gasteiger partial charge in [0.2, 0.25) is 15.9 Å². The summed E-state index contributed by atoms with van der Waals surface area (Å²) in [4.78, 5) is 14.3. The third kappa shape index (κ3) is 3.63. The third-order valence-electron chi connectivity index (χ3n) is 5.22. The predicted octanol–water partition coefficient (Wildman–Crippen LogP) is 0.449. The highest BCUT2D eigenvalue weighted by molar-refractivity contribution is 7.90. The summed E-state index contributed by atoms with van der Waals surface area (Å²) in [6.07, 6.45) is 6.48. The van der Waals surface area contributed by atoms with Crippen molar-refractivity contribution in [3.63, 3.8) is 0 Å². The molecule has 2 atom stereocenters. The first-order valence-corrected chi connectivity index (χ1v) is 10.1. The number of likely N-dealkylation sites (tertiary alicyclic amines) is 1. The fraction of sp³-hybridized carbons (Fsp3) is 0.933. The fourth-order valence-corrected chi connectivity index (χ4v) is 5.62. The first-order chi connectivity index (χ1) is 10.6. The number of nitrogens with zero attached hydrogens (tertiary/aromatic N) is 1. The molecule has 1 aliphatic carbocycles. The normalized spacial score (nSPS) is 30.8. The summed E-state index contributed by atoms with van der Waals surface area (Å²) < 4.78 is 27.9. The molecular formula is C15H27N3O3S. The van der Waals surface area contributed by atoms with E-state index in [1.165, 1.54) is 0 Å². The Morgan fingerprint density at radius 2 is 1.86 bits per heavy atom. The van der Waals surface area contributed by atoms with Crippen molar-refractivity contribution in [3.8, 4) is 0 Å². The van der Waals surface area contributed by atoms with Gasteiger partial charge in [0.05, 0.1) is 5.25 Å². The molecule has 0 radical (unpaired) electrons. The first kappa shape index (κ1) is 16.2. The molecule has 3 rings (SSSR count). The molecule has 0 aromatic heterocycles. The van der Waals surface area contributed by atoms with Crippen molar-refractivity contribution < 1.29 is 13.2 Å². The topological polar surface area (TPSA) is 78.5 Å². The van der Waals surface area contributed by atoms with Crippen LogP contribution in [0, 0.1) is 5.92 Å². The summed E-state index contributed by atoms with van der Waals surface area (Å²) >= 11 is 0. The van der Waals surface area contributed by atoms with Gasteiger partial charge in [-0.3, -0.25) is 4.79 Å². The first-order valence-electron chi connectivity index (χ1n) is 8.57. The summed E-state index contributed by atoms with van der Waals surface area (Å²) in [5, 5.41) is 2.72. The van der Waals surface area contributed by atoms with Crippen LogP contribution in [0.25, 0.3) is 0 Å². The van der Waals surface area contributed by atoms with E-state index in [1.807, 2.05) is 0 Å². The number of rotatable bonds is 4. The van der Waals surface area contributed by atoms with Gasteiger partial charge in [-0.1, -0.05) is 12.8 Å². The maximum Gasteiger partial charge on any atom is 0.225 e. The van der Waals surface area contributed by atoms with Crippen molar-refractivity contribution >= 4 is 15.9 Å². The van der Waals surface area contributed by atoms with E-state index in [9.17, 15) is 13.2 Å². The average Bonchev–Trinajstić information content (AvgIpc) is 3.19. The monoisotopic (exact) mass is 329 g/mol. The Morgan fingerprint density at radius 3 is 2.55 bits per heavy atom. The van der Waals surface area contributed by atoms with Crippen LogP contribution in [0.2, 0.25) is 0 Å². The highest BCUT2D eigenvalue weighted by atomic mass is 32.2. The number of piperidine rings is 1. The van der Waals surface area contributed by atoms with Gasteiger partial charge in [-0.25, -0.2) is 13.1 Å². The maximum atomic E-state index is 12.6. The molecule has 2 heterocycles. The Labute approximate surface area is 133 Å². The van der Waals surface area contributed by atoms with Crippen molar-refractivity contribution in [1.82, 2.24) is 14.9 Å². The molecule has 3 fully saturated rings. The highest BCUT2D eigenvalue weighted by Crippen LogP contribution is 2.28. The molecule has 0 aromatic carbocycles. The van der Waals surface area contributed by atoms with Gasteiger partial charge in [0, 0.05) is 31.6 Å². The molecule has 0 aromatic rings. The van der Waals surface area contributed by atoms with Crippen molar-refractivity contribution in [2.75, 3.05) is 26.2 Å². The fourth-order valence-electron chi connectivity index (χ4n) is 3.91. The van der Waals surface area contributed by atoms with E-state index in [0.29, 0.717) is 26.1 Å². The summed E-state index contributed by atoms with van der Waals surface area (Å²) in [5.41, 5.74) is 0. The van der Waals surface area contributed by atoms with Crippen LogP contribution in [-0.4, -0.2) is 56.7 Å². The number of sulfonamides is 1. The van der Waals surface area contributed by atoms with Crippen molar-refractivity contribution in [2.24, 2.45) is 5.92 Å². The SMILES string of the molecule is O=C(C1CCCC1)N1CCCC(S(=O)(=O)NC2CCNC2)C1. The molecule has 2 N–H and O–H groups in total. The van der Waals surface area contributed by atoms with Gasteiger partial charge < -0.3 is 10.2 Å². The van der Waals surface area contributed by atoms with Crippen molar-refractivity contribution in [3.05, 3.63) is 0 Å². The quantitative estimate of drug-likeness (QED) is 0.785. The minimum atomic E-state index is -3.34. The second kappa shape index (κ2) is 6.84. The summed E-state index contributed by atoms with van der Waals surface area (Å²) in [6, 6.07) is 0.00547. The molecule has 0 bridgehead atoms. The van der Waals surface area contributed by atoms with Gasteiger partial charge in [-0.05, 0) is 38.6 Å². The molecular weight excluding hydrogens is 302 g/mol. The third-order valence-corrected chi connectivity index (χ3v) is 7.15. The van der Waals surface area contributed by atoms with Crippen molar-refractivity contribution in [1.29, 1.82) is 0 Å². The van der Waals surface area contributed by atoms with Crippen LogP contribution in [0.5, 0.6) is 0 Å². The predicted molar refractivity (Wildman–Crippen MR) is 84.9 cm³/mol. The van der Waals surface area contributed by atoms with Crippen LogP contribution in [0.4, 0.5) is 0 Å². The molecule has 6 nitrogen and oxygen atoms in total. The van der Waals surface area contributed by atoms with E-state index < -0.39 is 15.3 Å². The van der Waals surface area contributed by atoms with Gasteiger partial charge in [-0.2, -0.15) is 0 Å². The zero-order valence-corrected chi connectivity index (χ0v) is 13.9. The van der Waals surface area contributed by atoms with Gasteiger partial charge in [0.1, 0.15) is 0 Å². The van der Waals surface area contributed by atoms with E-state index in [-0.39, 0.29) is 17.9 Å². The van der Waals surface area contributed by atoms with Crippen molar-refractivity contribution in [2.45, 2.75) is 56.2 Å². The standard InChI is InChI=1S/C15H27N3O3S/c19-15(12-4-1-2-5-12)18-9-3-6-14(11-18)22(20,21)17-13-7-8-16-10-13/h12-14,16-17H,1-11H2. The van der Waals surface area contributed by atoms with Crippen LogP contribution in [0.3, 0.4) is 0 Å². The Balaban J connectivity index is 1.60. The highest BCUT2D eigenvalue weighted by Gasteiger charge is 2.36. The molecule has 7 heteroatoms. The van der Waals surface area contributed by atoms with E-state index >= 15 is 0 Å². The maximum absolute atomic E-state index is 12.6. The number of nitrogens with one attached hydrogen (secondary N) is 2. The van der Waals surface area contributed by atoms with Crippen LogP contribution in [0.1, 0.15) is 44.9 Å². The second-order valence-corrected chi connectivity index (χ2v) is 8.87. The Kier molecular flexibility index (Phi) is 5.04. The Morgan fingerprint density at radius 1 is 1.09 bits per heavy atom. The number of carbonyl (C=O) groups is 1. The number of amides is 1. The number of hydrogen-bond donors (Lipinski definition) is 2. The van der Waals surface area contributed by atoms with Crippen LogP contribution < -0.4 is 10.0 Å². The molecule has 1 amide bonds. The second-order valence-electron chi connectivity index (χ2n) is 6.88. The molecule has 2 saturated heterocycles. The van der Waals surface area contributed by atoms with Gasteiger partial charge >= 0.3 is 0 Å². The van der Waals surface area contributed by atoms with Gasteiger partial charge in [0.25, 0.3) is 0 Å².